The highest BCUT2D eigenvalue weighted by atomic mass is 32.2. The number of rotatable bonds is 4. The van der Waals surface area contributed by atoms with Gasteiger partial charge in [-0.3, -0.25) is 9.69 Å². The largest absolute Gasteiger partial charge is 0.372 e. The molecule has 7 nitrogen and oxygen atoms in total. The molecule has 1 amide bonds. The molecule has 0 aliphatic carbocycles. The standard InChI is InChI=1S/C17H27N3O4S2/c1-13-11-19(12-14(2)24-13)17(21)15(3)18-6-8-20(9-7-18)26(22,23)16-5-4-10-25-16/h4-5,10,13-15H,6-9,11-12H2,1-3H3/t13-,14-,15+/m0/s1. The van der Waals surface area contributed by atoms with Gasteiger partial charge in [0.1, 0.15) is 4.21 Å². The SMILES string of the molecule is C[C@H](C(=O)N1C[C@H](C)O[C@@H](C)C1)N1CCN(S(=O)(=O)c2cccs2)CC1. The number of morpholine rings is 1. The minimum atomic E-state index is -3.41. The Balaban J connectivity index is 1.58. The molecule has 0 unspecified atom stereocenters. The lowest BCUT2D eigenvalue weighted by Gasteiger charge is -2.41. The van der Waals surface area contributed by atoms with Crippen molar-refractivity contribution >= 4 is 27.3 Å². The Morgan fingerprint density at radius 3 is 2.35 bits per heavy atom. The molecule has 2 fully saturated rings. The molecule has 3 atom stereocenters. The maximum absolute atomic E-state index is 12.9. The molecule has 2 aliphatic rings. The van der Waals surface area contributed by atoms with Crippen LogP contribution in [-0.2, 0) is 19.6 Å². The number of sulfonamides is 1. The second kappa shape index (κ2) is 7.93. The smallest absolute Gasteiger partial charge is 0.252 e. The first kappa shape index (κ1) is 19.8. The van der Waals surface area contributed by atoms with Gasteiger partial charge in [0.25, 0.3) is 10.0 Å². The van der Waals surface area contributed by atoms with Gasteiger partial charge in [-0.05, 0) is 32.2 Å². The summed E-state index contributed by atoms with van der Waals surface area (Å²) in [4.78, 5) is 16.8. The fraction of sp³-hybridized carbons (Fsp3) is 0.706. The van der Waals surface area contributed by atoms with Crippen molar-refractivity contribution in [2.45, 2.75) is 43.2 Å². The molecular weight excluding hydrogens is 374 g/mol. The summed E-state index contributed by atoms with van der Waals surface area (Å²) in [5.74, 6) is 0.0987. The van der Waals surface area contributed by atoms with Crippen molar-refractivity contribution < 1.29 is 17.9 Å². The zero-order valence-electron chi connectivity index (χ0n) is 15.5. The van der Waals surface area contributed by atoms with Crippen molar-refractivity contribution in [3.05, 3.63) is 17.5 Å². The minimum absolute atomic E-state index is 0.0442. The number of hydrogen-bond acceptors (Lipinski definition) is 6. The van der Waals surface area contributed by atoms with Crippen LogP contribution < -0.4 is 0 Å². The van der Waals surface area contributed by atoms with Crippen molar-refractivity contribution in [1.29, 1.82) is 0 Å². The molecule has 146 valence electrons. The second-order valence-corrected chi connectivity index (χ2v) is 10.2. The van der Waals surface area contributed by atoms with Gasteiger partial charge in [-0.15, -0.1) is 11.3 Å². The molecule has 0 bridgehead atoms. The van der Waals surface area contributed by atoms with Crippen LogP contribution in [-0.4, -0.2) is 85.9 Å². The zero-order valence-corrected chi connectivity index (χ0v) is 17.1. The fourth-order valence-corrected chi connectivity index (χ4v) is 6.21. The number of carbonyl (C=O) groups is 1. The number of thiophene rings is 1. The van der Waals surface area contributed by atoms with E-state index in [4.69, 9.17) is 4.74 Å². The van der Waals surface area contributed by atoms with Crippen LogP contribution in [0.5, 0.6) is 0 Å². The number of amides is 1. The summed E-state index contributed by atoms with van der Waals surface area (Å²) in [5, 5.41) is 1.77. The summed E-state index contributed by atoms with van der Waals surface area (Å²) in [6.07, 6.45) is 0.0883. The first-order valence-electron chi connectivity index (χ1n) is 9.01. The van der Waals surface area contributed by atoms with Gasteiger partial charge in [-0.2, -0.15) is 4.31 Å². The van der Waals surface area contributed by atoms with Crippen LogP contribution in [0.15, 0.2) is 21.7 Å². The van der Waals surface area contributed by atoms with Crippen LogP contribution in [0, 0.1) is 0 Å². The normalized spacial score (nSPS) is 27.4. The van der Waals surface area contributed by atoms with Gasteiger partial charge in [-0.1, -0.05) is 6.07 Å². The summed E-state index contributed by atoms with van der Waals surface area (Å²) < 4.78 is 32.8. The van der Waals surface area contributed by atoms with Crippen LogP contribution in [0.1, 0.15) is 20.8 Å². The van der Waals surface area contributed by atoms with E-state index < -0.39 is 10.0 Å². The number of carbonyl (C=O) groups excluding carboxylic acids is 1. The van der Waals surface area contributed by atoms with E-state index in [-0.39, 0.29) is 24.2 Å². The van der Waals surface area contributed by atoms with Crippen molar-refractivity contribution in [3.8, 4) is 0 Å². The Hall–Kier alpha value is -1.00. The van der Waals surface area contributed by atoms with E-state index in [0.717, 1.165) is 0 Å². The molecule has 0 spiro atoms. The Morgan fingerprint density at radius 1 is 1.19 bits per heavy atom. The zero-order chi connectivity index (χ0) is 18.9. The van der Waals surface area contributed by atoms with Gasteiger partial charge in [0.15, 0.2) is 0 Å². The Kier molecular flexibility index (Phi) is 6.03. The topological polar surface area (TPSA) is 70.2 Å². The maximum atomic E-state index is 12.9. The molecule has 9 heteroatoms. The molecule has 0 N–H and O–H groups in total. The lowest BCUT2D eigenvalue weighted by atomic mass is 10.1. The molecule has 0 saturated carbocycles. The summed E-state index contributed by atoms with van der Waals surface area (Å²) in [6.45, 7) is 9.04. The van der Waals surface area contributed by atoms with Gasteiger partial charge in [-0.25, -0.2) is 8.42 Å². The highest BCUT2D eigenvalue weighted by molar-refractivity contribution is 7.91. The average molecular weight is 402 g/mol. The van der Waals surface area contributed by atoms with Crippen LogP contribution >= 0.6 is 11.3 Å². The third kappa shape index (κ3) is 4.12. The molecule has 0 radical (unpaired) electrons. The molecule has 26 heavy (non-hydrogen) atoms. The first-order valence-corrected chi connectivity index (χ1v) is 11.3. The quantitative estimate of drug-likeness (QED) is 0.755. The Labute approximate surface area is 159 Å². The Morgan fingerprint density at radius 2 is 1.81 bits per heavy atom. The van der Waals surface area contributed by atoms with Gasteiger partial charge in [0.05, 0.1) is 18.2 Å². The minimum Gasteiger partial charge on any atom is -0.372 e. The number of piperazine rings is 1. The van der Waals surface area contributed by atoms with Crippen LogP contribution in [0.25, 0.3) is 0 Å². The lowest BCUT2D eigenvalue weighted by Crippen LogP contribution is -2.58. The number of ether oxygens (including phenoxy) is 1. The Bertz CT molecular complexity index is 704. The predicted molar refractivity (Wildman–Crippen MR) is 101 cm³/mol. The van der Waals surface area contributed by atoms with Crippen molar-refractivity contribution in [2.24, 2.45) is 0 Å². The van der Waals surface area contributed by atoms with Gasteiger partial charge < -0.3 is 9.64 Å². The third-order valence-electron chi connectivity index (χ3n) is 5.00. The van der Waals surface area contributed by atoms with E-state index in [1.165, 1.54) is 15.6 Å². The summed E-state index contributed by atoms with van der Waals surface area (Å²) in [6, 6.07) is 3.14. The van der Waals surface area contributed by atoms with Gasteiger partial charge in [0.2, 0.25) is 5.91 Å². The molecule has 1 aromatic rings. The average Bonchev–Trinajstić information content (AvgIpc) is 3.15. The van der Waals surface area contributed by atoms with Crippen molar-refractivity contribution in [3.63, 3.8) is 0 Å². The highest BCUT2D eigenvalue weighted by Crippen LogP contribution is 2.23. The van der Waals surface area contributed by atoms with Crippen molar-refractivity contribution in [2.75, 3.05) is 39.3 Å². The fourth-order valence-electron chi connectivity index (χ4n) is 3.65. The molecule has 1 aromatic heterocycles. The first-order chi connectivity index (χ1) is 12.3. The molecule has 2 aliphatic heterocycles. The number of nitrogens with zero attached hydrogens (tertiary/aromatic N) is 3. The summed E-state index contributed by atoms with van der Waals surface area (Å²) >= 11 is 1.24. The van der Waals surface area contributed by atoms with Crippen LogP contribution in [0.4, 0.5) is 0 Å². The lowest BCUT2D eigenvalue weighted by molar-refractivity contribution is -0.148. The van der Waals surface area contributed by atoms with Gasteiger partial charge >= 0.3 is 0 Å². The summed E-state index contributed by atoms with van der Waals surface area (Å²) in [5.41, 5.74) is 0. The number of hydrogen-bond donors (Lipinski definition) is 0. The third-order valence-corrected chi connectivity index (χ3v) is 8.27. The molecular formula is C17H27N3O4S2. The van der Waals surface area contributed by atoms with E-state index in [0.29, 0.717) is 43.5 Å². The van der Waals surface area contributed by atoms with E-state index >= 15 is 0 Å². The van der Waals surface area contributed by atoms with E-state index in [2.05, 4.69) is 4.90 Å². The molecule has 0 aromatic carbocycles. The second-order valence-electron chi connectivity index (χ2n) is 7.05. The van der Waals surface area contributed by atoms with E-state index in [1.54, 1.807) is 17.5 Å². The van der Waals surface area contributed by atoms with E-state index in [1.807, 2.05) is 25.7 Å². The van der Waals surface area contributed by atoms with Crippen molar-refractivity contribution in [1.82, 2.24) is 14.1 Å². The van der Waals surface area contributed by atoms with E-state index in [9.17, 15) is 13.2 Å². The van der Waals surface area contributed by atoms with Crippen LogP contribution in [0.3, 0.4) is 0 Å². The maximum Gasteiger partial charge on any atom is 0.252 e. The molecule has 3 heterocycles. The van der Waals surface area contributed by atoms with Gasteiger partial charge in [0, 0.05) is 39.3 Å². The monoisotopic (exact) mass is 401 g/mol. The summed E-state index contributed by atoms with van der Waals surface area (Å²) in [7, 11) is -3.41. The predicted octanol–water partition coefficient (Wildman–Crippen LogP) is 1.08. The van der Waals surface area contributed by atoms with Crippen LogP contribution in [0.2, 0.25) is 0 Å². The molecule has 2 saturated heterocycles. The molecule has 3 rings (SSSR count). The highest BCUT2D eigenvalue weighted by Gasteiger charge is 2.35.